The van der Waals surface area contributed by atoms with E-state index >= 15 is 0 Å². The average Bonchev–Trinajstić information content (AvgIpc) is 3.01. The van der Waals surface area contributed by atoms with Crippen LogP contribution in [0.4, 0.5) is 5.69 Å². The molecule has 0 aliphatic carbocycles. The molecular formula is C17H25N3O2. The lowest BCUT2D eigenvalue weighted by molar-refractivity contribution is -0.116. The summed E-state index contributed by atoms with van der Waals surface area (Å²) >= 11 is 0. The molecule has 2 rings (SSSR count). The van der Waals surface area contributed by atoms with Crippen LogP contribution in [0, 0.1) is 5.92 Å². The number of benzene rings is 1. The van der Waals surface area contributed by atoms with Crippen LogP contribution >= 0.6 is 0 Å². The molecule has 1 fully saturated rings. The molecule has 0 radical (unpaired) electrons. The van der Waals surface area contributed by atoms with E-state index < -0.39 is 0 Å². The Labute approximate surface area is 132 Å². The normalized spacial score (nSPS) is 17.3. The zero-order valence-corrected chi connectivity index (χ0v) is 13.4. The monoisotopic (exact) mass is 303 g/mol. The topological polar surface area (TPSA) is 61.4 Å². The van der Waals surface area contributed by atoms with Crippen LogP contribution in [0.1, 0.15) is 37.0 Å². The first-order valence-corrected chi connectivity index (χ1v) is 8.04. The number of rotatable bonds is 6. The molecule has 2 N–H and O–H groups in total. The second-order valence-electron chi connectivity index (χ2n) is 5.67. The molecule has 1 atom stereocenters. The van der Waals surface area contributed by atoms with Crippen molar-refractivity contribution in [3.8, 4) is 0 Å². The first kappa shape index (κ1) is 16.5. The van der Waals surface area contributed by atoms with E-state index in [1.54, 1.807) is 17.0 Å². The van der Waals surface area contributed by atoms with Crippen molar-refractivity contribution in [2.45, 2.75) is 26.7 Å². The van der Waals surface area contributed by atoms with Gasteiger partial charge in [-0.2, -0.15) is 0 Å². The van der Waals surface area contributed by atoms with Gasteiger partial charge >= 0.3 is 0 Å². The molecule has 0 saturated carbocycles. The molecule has 1 saturated heterocycles. The standard InChI is InChI=1S/C17H25N3O2/c1-3-20(4-2)17(22)14-6-5-7-15(11-14)19-16(21)10-13-8-9-18-12-13/h5-7,11,13,18H,3-4,8-10,12H2,1-2H3,(H,19,21). The third-order valence-corrected chi connectivity index (χ3v) is 4.08. The average molecular weight is 303 g/mol. The molecule has 2 amide bonds. The summed E-state index contributed by atoms with van der Waals surface area (Å²) in [6.07, 6.45) is 1.58. The van der Waals surface area contributed by atoms with Crippen LogP contribution in [0.3, 0.4) is 0 Å². The number of carbonyl (C=O) groups is 2. The number of hydrogen-bond acceptors (Lipinski definition) is 3. The molecule has 1 aliphatic heterocycles. The fraction of sp³-hybridized carbons (Fsp3) is 0.529. The number of anilines is 1. The van der Waals surface area contributed by atoms with Crippen molar-refractivity contribution in [2.75, 3.05) is 31.5 Å². The van der Waals surface area contributed by atoms with E-state index in [1.807, 2.05) is 26.0 Å². The van der Waals surface area contributed by atoms with Crippen molar-refractivity contribution < 1.29 is 9.59 Å². The molecule has 1 aromatic carbocycles. The van der Waals surface area contributed by atoms with Crippen molar-refractivity contribution in [3.63, 3.8) is 0 Å². The minimum Gasteiger partial charge on any atom is -0.339 e. The van der Waals surface area contributed by atoms with E-state index in [0.29, 0.717) is 36.7 Å². The molecule has 22 heavy (non-hydrogen) atoms. The summed E-state index contributed by atoms with van der Waals surface area (Å²) in [5, 5.41) is 6.16. The Kier molecular flexibility index (Phi) is 5.95. The van der Waals surface area contributed by atoms with Gasteiger partial charge in [0.05, 0.1) is 0 Å². The van der Waals surface area contributed by atoms with Gasteiger partial charge in [-0.3, -0.25) is 9.59 Å². The first-order chi connectivity index (χ1) is 10.6. The van der Waals surface area contributed by atoms with Crippen LogP contribution in [-0.2, 0) is 4.79 Å². The summed E-state index contributed by atoms with van der Waals surface area (Å²) in [6, 6.07) is 7.18. The Bertz CT molecular complexity index is 520. The third-order valence-electron chi connectivity index (χ3n) is 4.08. The Morgan fingerprint density at radius 1 is 1.32 bits per heavy atom. The smallest absolute Gasteiger partial charge is 0.253 e. The van der Waals surface area contributed by atoms with E-state index in [0.717, 1.165) is 19.5 Å². The first-order valence-electron chi connectivity index (χ1n) is 8.04. The van der Waals surface area contributed by atoms with Gasteiger partial charge in [0.1, 0.15) is 0 Å². The lowest BCUT2D eigenvalue weighted by Gasteiger charge is -2.19. The Hall–Kier alpha value is -1.88. The quantitative estimate of drug-likeness (QED) is 0.846. The van der Waals surface area contributed by atoms with E-state index in [9.17, 15) is 9.59 Å². The van der Waals surface area contributed by atoms with Gasteiger partial charge in [0.2, 0.25) is 5.91 Å². The lowest BCUT2D eigenvalue weighted by atomic mass is 10.0. The highest BCUT2D eigenvalue weighted by Crippen LogP contribution is 2.16. The van der Waals surface area contributed by atoms with E-state index in [-0.39, 0.29) is 11.8 Å². The summed E-state index contributed by atoms with van der Waals surface area (Å²) < 4.78 is 0. The second kappa shape index (κ2) is 7.94. The molecule has 1 unspecified atom stereocenters. The zero-order valence-electron chi connectivity index (χ0n) is 13.4. The molecule has 1 aromatic rings. The largest absolute Gasteiger partial charge is 0.339 e. The Balaban J connectivity index is 1.98. The van der Waals surface area contributed by atoms with Gasteiger partial charge in [-0.25, -0.2) is 0 Å². The van der Waals surface area contributed by atoms with Crippen molar-refractivity contribution >= 4 is 17.5 Å². The molecule has 5 nitrogen and oxygen atoms in total. The van der Waals surface area contributed by atoms with Crippen LogP contribution in [0.5, 0.6) is 0 Å². The Morgan fingerprint density at radius 2 is 2.09 bits per heavy atom. The van der Waals surface area contributed by atoms with Gasteiger partial charge in [0.25, 0.3) is 5.91 Å². The van der Waals surface area contributed by atoms with E-state index in [2.05, 4.69) is 10.6 Å². The highest BCUT2D eigenvalue weighted by molar-refractivity contribution is 5.97. The minimum absolute atomic E-state index is 0.00101. The number of amides is 2. The van der Waals surface area contributed by atoms with Crippen molar-refractivity contribution in [3.05, 3.63) is 29.8 Å². The minimum atomic E-state index is 0.00101. The maximum Gasteiger partial charge on any atom is 0.253 e. The zero-order chi connectivity index (χ0) is 15.9. The highest BCUT2D eigenvalue weighted by atomic mass is 16.2. The van der Waals surface area contributed by atoms with Gasteiger partial charge < -0.3 is 15.5 Å². The van der Waals surface area contributed by atoms with Crippen LogP contribution in [0.2, 0.25) is 0 Å². The van der Waals surface area contributed by atoms with Crippen LogP contribution < -0.4 is 10.6 Å². The predicted molar refractivity (Wildman–Crippen MR) is 87.9 cm³/mol. The van der Waals surface area contributed by atoms with Gasteiger partial charge in [0.15, 0.2) is 0 Å². The van der Waals surface area contributed by atoms with Gasteiger partial charge in [-0.05, 0) is 57.5 Å². The maximum absolute atomic E-state index is 12.3. The Morgan fingerprint density at radius 3 is 2.73 bits per heavy atom. The van der Waals surface area contributed by atoms with E-state index in [4.69, 9.17) is 0 Å². The number of carbonyl (C=O) groups excluding carboxylic acids is 2. The molecule has 0 bridgehead atoms. The van der Waals surface area contributed by atoms with E-state index in [1.165, 1.54) is 0 Å². The summed E-state index contributed by atoms with van der Waals surface area (Å²) in [7, 11) is 0. The van der Waals surface area contributed by atoms with Gasteiger partial charge in [0, 0.05) is 30.8 Å². The molecule has 5 heteroatoms. The SMILES string of the molecule is CCN(CC)C(=O)c1cccc(NC(=O)CC2CCNC2)c1. The lowest BCUT2D eigenvalue weighted by Crippen LogP contribution is -2.30. The van der Waals surface area contributed by atoms with Gasteiger partial charge in [-0.1, -0.05) is 6.07 Å². The summed E-state index contributed by atoms with van der Waals surface area (Å²) in [4.78, 5) is 26.2. The number of nitrogens with zero attached hydrogens (tertiary/aromatic N) is 1. The summed E-state index contributed by atoms with van der Waals surface area (Å²) in [5.41, 5.74) is 1.30. The van der Waals surface area contributed by atoms with Crippen LogP contribution in [0.25, 0.3) is 0 Å². The number of hydrogen-bond donors (Lipinski definition) is 2. The fourth-order valence-electron chi connectivity index (χ4n) is 2.79. The second-order valence-corrected chi connectivity index (χ2v) is 5.67. The summed E-state index contributed by atoms with van der Waals surface area (Å²) in [6.45, 7) is 7.19. The highest BCUT2D eigenvalue weighted by Gasteiger charge is 2.18. The molecule has 120 valence electrons. The van der Waals surface area contributed by atoms with Gasteiger partial charge in [-0.15, -0.1) is 0 Å². The molecule has 0 aromatic heterocycles. The molecule has 1 heterocycles. The van der Waals surface area contributed by atoms with Crippen molar-refractivity contribution in [1.82, 2.24) is 10.2 Å². The van der Waals surface area contributed by atoms with Crippen LogP contribution in [-0.4, -0.2) is 42.9 Å². The molecule has 1 aliphatic rings. The molecular weight excluding hydrogens is 278 g/mol. The van der Waals surface area contributed by atoms with Crippen molar-refractivity contribution in [2.24, 2.45) is 5.92 Å². The predicted octanol–water partition coefficient (Wildman–Crippen LogP) is 2.11. The van der Waals surface area contributed by atoms with Crippen molar-refractivity contribution in [1.29, 1.82) is 0 Å². The number of nitrogens with one attached hydrogen (secondary N) is 2. The fourth-order valence-corrected chi connectivity index (χ4v) is 2.79. The third kappa shape index (κ3) is 4.31. The molecule has 0 spiro atoms. The van der Waals surface area contributed by atoms with Crippen LogP contribution in [0.15, 0.2) is 24.3 Å². The maximum atomic E-state index is 12.3. The summed E-state index contributed by atoms with van der Waals surface area (Å²) in [5.74, 6) is 0.433.